The number of ether oxygens (including phenoxy) is 1. The number of carbonyl (C=O) groups excluding carboxylic acids is 2. The van der Waals surface area contributed by atoms with Crippen molar-refractivity contribution in [3.05, 3.63) is 70.6 Å². The fourth-order valence-electron chi connectivity index (χ4n) is 2.83. The number of fused-ring (bicyclic) bond motifs is 1. The number of carbonyl (C=O) groups is 2. The molecule has 0 N–H and O–H groups in total. The van der Waals surface area contributed by atoms with Crippen LogP contribution in [0.5, 0.6) is 0 Å². The highest BCUT2D eigenvalue weighted by Gasteiger charge is 2.19. The van der Waals surface area contributed by atoms with Crippen LogP contribution < -0.4 is 0 Å². The number of aromatic nitrogens is 1. The molecular weight excluding hydrogens is 371 g/mol. The van der Waals surface area contributed by atoms with Crippen LogP contribution in [0, 0.1) is 5.82 Å². The molecule has 3 aromatic rings. The van der Waals surface area contributed by atoms with Crippen LogP contribution in [0.25, 0.3) is 10.9 Å². The first kappa shape index (κ1) is 18.9. The monoisotopic (exact) mass is 388 g/mol. The van der Waals surface area contributed by atoms with E-state index in [1.165, 1.54) is 24.1 Å². The first-order valence-electron chi connectivity index (χ1n) is 8.26. The quantitative estimate of drug-likeness (QED) is 0.625. The minimum Gasteiger partial charge on any atom is -0.452 e. The van der Waals surface area contributed by atoms with Gasteiger partial charge < -0.3 is 14.2 Å². The van der Waals surface area contributed by atoms with E-state index in [4.69, 9.17) is 16.3 Å². The SMILES string of the molecule is CN(Cc1c(F)cccc1Cl)C(=O)COC(=O)c1cn(C)c2ccccc12. The molecule has 7 heteroatoms. The molecule has 0 aliphatic rings. The van der Waals surface area contributed by atoms with Crippen LogP contribution in [-0.4, -0.2) is 35.0 Å². The number of nitrogens with zero attached hydrogens (tertiary/aromatic N) is 2. The Morgan fingerprint density at radius 1 is 1.19 bits per heavy atom. The summed E-state index contributed by atoms with van der Waals surface area (Å²) in [6.45, 7) is -0.458. The van der Waals surface area contributed by atoms with Crippen molar-refractivity contribution in [2.45, 2.75) is 6.54 Å². The van der Waals surface area contributed by atoms with E-state index < -0.39 is 24.3 Å². The van der Waals surface area contributed by atoms with Gasteiger partial charge in [0.15, 0.2) is 6.61 Å². The number of para-hydroxylation sites is 1. The molecule has 0 radical (unpaired) electrons. The molecule has 0 aliphatic carbocycles. The molecule has 0 spiro atoms. The number of likely N-dealkylation sites (N-methyl/N-ethyl adjacent to an activating group) is 1. The van der Waals surface area contributed by atoms with Crippen LogP contribution in [0.15, 0.2) is 48.7 Å². The third kappa shape index (κ3) is 3.95. The summed E-state index contributed by atoms with van der Waals surface area (Å²) in [6, 6.07) is 11.7. The largest absolute Gasteiger partial charge is 0.452 e. The van der Waals surface area contributed by atoms with Gasteiger partial charge in [-0.1, -0.05) is 35.9 Å². The van der Waals surface area contributed by atoms with Gasteiger partial charge in [-0.15, -0.1) is 0 Å². The first-order valence-corrected chi connectivity index (χ1v) is 8.64. The molecule has 0 atom stereocenters. The highest BCUT2D eigenvalue weighted by Crippen LogP contribution is 2.22. The number of esters is 1. The van der Waals surface area contributed by atoms with Crippen LogP contribution in [-0.2, 0) is 23.1 Å². The van der Waals surface area contributed by atoms with Gasteiger partial charge in [-0.05, 0) is 18.2 Å². The van der Waals surface area contributed by atoms with E-state index in [1.807, 2.05) is 35.9 Å². The Balaban J connectivity index is 1.65. The molecule has 140 valence electrons. The molecule has 0 fully saturated rings. The number of amides is 1. The average molecular weight is 389 g/mol. The lowest BCUT2D eigenvalue weighted by Crippen LogP contribution is -2.31. The van der Waals surface area contributed by atoms with Crippen LogP contribution in [0.2, 0.25) is 5.02 Å². The van der Waals surface area contributed by atoms with Gasteiger partial charge in [0.25, 0.3) is 5.91 Å². The van der Waals surface area contributed by atoms with E-state index in [9.17, 15) is 14.0 Å². The Kier molecular flexibility index (Phi) is 5.46. The summed E-state index contributed by atoms with van der Waals surface area (Å²) < 4.78 is 20.8. The molecule has 3 rings (SSSR count). The van der Waals surface area contributed by atoms with E-state index in [0.717, 1.165) is 10.9 Å². The lowest BCUT2D eigenvalue weighted by atomic mass is 10.2. The van der Waals surface area contributed by atoms with E-state index in [0.29, 0.717) is 5.56 Å². The van der Waals surface area contributed by atoms with Crippen molar-refractivity contribution in [1.29, 1.82) is 0 Å². The number of benzene rings is 2. The van der Waals surface area contributed by atoms with Crippen molar-refractivity contribution < 1.29 is 18.7 Å². The van der Waals surface area contributed by atoms with Crippen molar-refractivity contribution in [3.8, 4) is 0 Å². The Morgan fingerprint density at radius 2 is 1.93 bits per heavy atom. The van der Waals surface area contributed by atoms with Crippen LogP contribution in [0.3, 0.4) is 0 Å². The Labute approximate surface area is 160 Å². The average Bonchev–Trinajstić information content (AvgIpc) is 2.99. The Hall–Kier alpha value is -2.86. The lowest BCUT2D eigenvalue weighted by Gasteiger charge is -2.18. The molecule has 0 bridgehead atoms. The smallest absolute Gasteiger partial charge is 0.340 e. The van der Waals surface area contributed by atoms with Crippen LogP contribution in [0.4, 0.5) is 4.39 Å². The molecule has 0 aliphatic heterocycles. The number of aryl methyl sites for hydroxylation is 1. The Morgan fingerprint density at radius 3 is 2.67 bits per heavy atom. The normalized spacial score (nSPS) is 10.8. The van der Waals surface area contributed by atoms with Gasteiger partial charge in [-0.2, -0.15) is 0 Å². The summed E-state index contributed by atoms with van der Waals surface area (Å²) in [5.74, 6) is -1.53. The van der Waals surface area contributed by atoms with E-state index in [1.54, 1.807) is 12.3 Å². The van der Waals surface area contributed by atoms with Crippen LogP contribution >= 0.6 is 11.6 Å². The maximum absolute atomic E-state index is 13.9. The zero-order valence-electron chi connectivity index (χ0n) is 14.9. The van der Waals surface area contributed by atoms with Crippen LogP contribution in [0.1, 0.15) is 15.9 Å². The van der Waals surface area contributed by atoms with Crippen molar-refractivity contribution in [2.24, 2.45) is 7.05 Å². The molecule has 27 heavy (non-hydrogen) atoms. The number of hydrogen-bond acceptors (Lipinski definition) is 3. The van der Waals surface area contributed by atoms with Crippen molar-refractivity contribution in [1.82, 2.24) is 9.47 Å². The predicted octanol–water partition coefficient (Wildman–Crippen LogP) is 3.79. The molecule has 2 aromatic carbocycles. The standard InChI is InChI=1S/C20H18ClFN2O3/c1-23-10-14(13-6-3-4-9-18(13)23)20(26)27-12-19(25)24(2)11-15-16(21)7-5-8-17(15)22/h3-10H,11-12H2,1-2H3. The summed E-state index contributed by atoms with van der Waals surface area (Å²) in [5, 5.41) is 0.992. The number of hydrogen-bond donors (Lipinski definition) is 0. The molecule has 0 saturated carbocycles. The molecule has 0 saturated heterocycles. The van der Waals surface area contributed by atoms with Gasteiger partial charge in [0.2, 0.25) is 0 Å². The second kappa shape index (κ2) is 7.80. The minimum atomic E-state index is -0.586. The maximum atomic E-state index is 13.9. The zero-order valence-corrected chi connectivity index (χ0v) is 15.7. The van der Waals surface area contributed by atoms with Crippen molar-refractivity contribution in [3.63, 3.8) is 0 Å². The molecular formula is C20H18ClFN2O3. The molecule has 1 heterocycles. The highest BCUT2D eigenvalue weighted by atomic mass is 35.5. The third-order valence-electron chi connectivity index (χ3n) is 4.33. The second-order valence-electron chi connectivity index (χ2n) is 6.20. The lowest BCUT2D eigenvalue weighted by molar-refractivity contribution is -0.133. The van der Waals surface area contributed by atoms with Gasteiger partial charge in [0.05, 0.1) is 5.56 Å². The Bertz CT molecular complexity index is 995. The fraction of sp³-hybridized carbons (Fsp3) is 0.200. The third-order valence-corrected chi connectivity index (χ3v) is 4.68. The zero-order chi connectivity index (χ0) is 19.6. The molecule has 1 aromatic heterocycles. The summed E-state index contributed by atoms with van der Waals surface area (Å²) in [5.41, 5.74) is 1.50. The number of halogens is 2. The van der Waals surface area contributed by atoms with E-state index in [-0.39, 0.29) is 17.1 Å². The van der Waals surface area contributed by atoms with E-state index in [2.05, 4.69) is 0 Å². The number of rotatable bonds is 5. The van der Waals surface area contributed by atoms with Gasteiger partial charge in [-0.25, -0.2) is 9.18 Å². The summed E-state index contributed by atoms with van der Waals surface area (Å²) in [7, 11) is 3.33. The molecule has 5 nitrogen and oxygen atoms in total. The predicted molar refractivity (Wildman–Crippen MR) is 101 cm³/mol. The second-order valence-corrected chi connectivity index (χ2v) is 6.60. The highest BCUT2D eigenvalue weighted by molar-refractivity contribution is 6.31. The van der Waals surface area contributed by atoms with Crippen molar-refractivity contribution in [2.75, 3.05) is 13.7 Å². The topological polar surface area (TPSA) is 51.5 Å². The summed E-state index contributed by atoms with van der Waals surface area (Å²) in [6.07, 6.45) is 1.67. The molecule has 1 amide bonds. The molecule has 0 unspecified atom stereocenters. The van der Waals surface area contributed by atoms with E-state index >= 15 is 0 Å². The van der Waals surface area contributed by atoms with Gasteiger partial charge in [-0.3, -0.25) is 4.79 Å². The first-order chi connectivity index (χ1) is 12.9. The van der Waals surface area contributed by atoms with Gasteiger partial charge in [0.1, 0.15) is 5.82 Å². The summed E-state index contributed by atoms with van der Waals surface area (Å²) in [4.78, 5) is 25.9. The van der Waals surface area contributed by atoms with Gasteiger partial charge >= 0.3 is 5.97 Å². The minimum absolute atomic E-state index is 0.0177. The van der Waals surface area contributed by atoms with Gasteiger partial charge in [0, 0.05) is 48.3 Å². The maximum Gasteiger partial charge on any atom is 0.340 e. The van der Waals surface area contributed by atoms with Crippen molar-refractivity contribution >= 4 is 34.4 Å². The summed E-state index contributed by atoms with van der Waals surface area (Å²) >= 11 is 5.98. The fourth-order valence-corrected chi connectivity index (χ4v) is 3.05.